The molecule has 0 saturated heterocycles. The predicted molar refractivity (Wildman–Crippen MR) is 69.5 cm³/mol. The molecule has 1 rings (SSSR count). The molecule has 2 nitrogen and oxygen atoms in total. The van der Waals surface area contributed by atoms with Crippen molar-refractivity contribution in [3.05, 3.63) is 0 Å². The van der Waals surface area contributed by atoms with E-state index in [1.165, 1.54) is 6.42 Å². The van der Waals surface area contributed by atoms with Crippen molar-refractivity contribution in [2.45, 2.75) is 66.0 Å². The highest BCUT2D eigenvalue weighted by Crippen LogP contribution is 2.39. The van der Waals surface area contributed by atoms with E-state index >= 15 is 0 Å². The predicted octanol–water partition coefficient (Wildman–Crippen LogP) is 2.90. The Balaban J connectivity index is 2.61. The normalized spacial score (nSPS) is 30.9. The summed E-state index contributed by atoms with van der Waals surface area (Å²) >= 11 is 0. The van der Waals surface area contributed by atoms with Gasteiger partial charge in [0.25, 0.3) is 0 Å². The molecule has 0 aromatic carbocycles. The van der Waals surface area contributed by atoms with Crippen LogP contribution in [0.25, 0.3) is 0 Å². The number of aliphatic hydroxyl groups excluding tert-OH is 1. The summed E-state index contributed by atoms with van der Waals surface area (Å²) < 4.78 is 0. The Morgan fingerprint density at radius 3 is 2.38 bits per heavy atom. The second-order valence-corrected chi connectivity index (χ2v) is 6.14. The maximum absolute atomic E-state index is 10.4. The number of rotatable bonds is 5. The molecule has 0 aromatic rings. The van der Waals surface area contributed by atoms with E-state index in [1.54, 1.807) is 0 Å². The molecule has 2 heteroatoms. The first-order valence-electron chi connectivity index (χ1n) is 6.84. The highest BCUT2D eigenvalue weighted by atomic mass is 16.3. The van der Waals surface area contributed by atoms with Crippen molar-refractivity contribution in [1.29, 1.82) is 0 Å². The van der Waals surface area contributed by atoms with E-state index < -0.39 is 0 Å². The number of hydrogen-bond acceptors (Lipinski definition) is 2. The van der Waals surface area contributed by atoms with Crippen LogP contribution >= 0.6 is 0 Å². The molecule has 1 saturated carbocycles. The average Bonchev–Trinajstić information content (AvgIpc) is 2.51. The van der Waals surface area contributed by atoms with Gasteiger partial charge in [0.05, 0.1) is 6.10 Å². The van der Waals surface area contributed by atoms with Gasteiger partial charge in [0.1, 0.15) is 0 Å². The van der Waals surface area contributed by atoms with Gasteiger partial charge < -0.3 is 5.11 Å². The molecule has 0 heterocycles. The zero-order valence-corrected chi connectivity index (χ0v) is 11.7. The Hall–Kier alpha value is -0.0800. The molecule has 96 valence electrons. The zero-order chi connectivity index (χ0) is 12.3. The van der Waals surface area contributed by atoms with Crippen molar-refractivity contribution < 1.29 is 5.11 Å². The third kappa shape index (κ3) is 2.98. The first-order valence-corrected chi connectivity index (χ1v) is 6.84. The van der Waals surface area contributed by atoms with Gasteiger partial charge in [0, 0.05) is 12.6 Å². The van der Waals surface area contributed by atoms with Crippen LogP contribution in [0.4, 0.5) is 0 Å². The number of aliphatic hydroxyl groups is 1. The van der Waals surface area contributed by atoms with Crippen LogP contribution in [0.1, 0.15) is 53.9 Å². The topological polar surface area (TPSA) is 23.5 Å². The molecule has 0 aromatic heterocycles. The fourth-order valence-electron chi connectivity index (χ4n) is 2.76. The Bertz CT molecular complexity index is 215. The van der Waals surface area contributed by atoms with Gasteiger partial charge in [-0.15, -0.1) is 0 Å². The van der Waals surface area contributed by atoms with Gasteiger partial charge in [0.2, 0.25) is 0 Å². The minimum atomic E-state index is -0.156. The second-order valence-electron chi connectivity index (χ2n) is 6.14. The Morgan fingerprint density at radius 2 is 2.00 bits per heavy atom. The molecule has 1 N–H and O–H groups in total. The first-order chi connectivity index (χ1) is 7.42. The van der Waals surface area contributed by atoms with Crippen LogP contribution in [-0.4, -0.2) is 35.2 Å². The monoisotopic (exact) mass is 227 g/mol. The van der Waals surface area contributed by atoms with Crippen LogP contribution < -0.4 is 0 Å². The third-order valence-electron chi connectivity index (χ3n) is 4.37. The van der Waals surface area contributed by atoms with E-state index in [-0.39, 0.29) is 11.5 Å². The standard InChI is InChI=1S/C14H29NO/c1-6-11(3)10-15(7-2)12-8-9-14(4,5)13(12)16/h11-13,16H,6-10H2,1-5H3. The van der Waals surface area contributed by atoms with E-state index in [1.807, 2.05) is 0 Å². The number of nitrogens with zero attached hydrogens (tertiary/aromatic N) is 1. The van der Waals surface area contributed by atoms with Gasteiger partial charge in [-0.1, -0.05) is 41.0 Å². The molecule has 0 aliphatic heterocycles. The third-order valence-corrected chi connectivity index (χ3v) is 4.37. The fourth-order valence-corrected chi connectivity index (χ4v) is 2.76. The van der Waals surface area contributed by atoms with E-state index in [2.05, 4.69) is 39.5 Å². The van der Waals surface area contributed by atoms with Crippen LogP contribution in [-0.2, 0) is 0 Å². The molecule has 0 spiro atoms. The van der Waals surface area contributed by atoms with Crippen LogP contribution in [0.2, 0.25) is 0 Å². The van der Waals surface area contributed by atoms with Crippen molar-refractivity contribution in [3.63, 3.8) is 0 Å². The SMILES string of the molecule is CCC(C)CN(CC)C1CCC(C)(C)C1O. The van der Waals surface area contributed by atoms with E-state index in [0.29, 0.717) is 6.04 Å². The minimum absolute atomic E-state index is 0.105. The Morgan fingerprint density at radius 1 is 1.38 bits per heavy atom. The summed E-state index contributed by atoms with van der Waals surface area (Å²) in [6.07, 6.45) is 3.37. The van der Waals surface area contributed by atoms with Crippen LogP contribution in [0, 0.1) is 11.3 Å². The smallest absolute Gasteiger partial charge is 0.0746 e. The molecule has 3 atom stereocenters. The molecule has 1 aliphatic carbocycles. The number of likely N-dealkylation sites (N-methyl/N-ethyl adjacent to an activating group) is 1. The first kappa shape index (κ1) is 14.0. The Labute approximate surface area is 101 Å². The average molecular weight is 227 g/mol. The van der Waals surface area contributed by atoms with Crippen LogP contribution in [0.3, 0.4) is 0 Å². The van der Waals surface area contributed by atoms with Crippen molar-refractivity contribution in [2.75, 3.05) is 13.1 Å². The fraction of sp³-hybridized carbons (Fsp3) is 1.00. The van der Waals surface area contributed by atoms with Gasteiger partial charge in [-0.25, -0.2) is 0 Å². The molecule has 1 fully saturated rings. The van der Waals surface area contributed by atoms with Gasteiger partial charge in [0.15, 0.2) is 0 Å². The van der Waals surface area contributed by atoms with Gasteiger partial charge in [-0.2, -0.15) is 0 Å². The van der Waals surface area contributed by atoms with Crippen molar-refractivity contribution in [1.82, 2.24) is 4.90 Å². The van der Waals surface area contributed by atoms with Crippen LogP contribution in [0.15, 0.2) is 0 Å². The zero-order valence-electron chi connectivity index (χ0n) is 11.7. The summed E-state index contributed by atoms with van der Waals surface area (Å²) in [4.78, 5) is 2.48. The van der Waals surface area contributed by atoms with Gasteiger partial charge in [-0.3, -0.25) is 4.90 Å². The Kier molecular flexibility index (Phi) is 4.81. The summed E-state index contributed by atoms with van der Waals surface area (Å²) in [6, 6.07) is 0.383. The quantitative estimate of drug-likeness (QED) is 0.780. The van der Waals surface area contributed by atoms with E-state index in [9.17, 15) is 5.11 Å². The molecule has 3 unspecified atom stereocenters. The van der Waals surface area contributed by atoms with Crippen molar-refractivity contribution >= 4 is 0 Å². The second kappa shape index (κ2) is 5.50. The van der Waals surface area contributed by atoms with Crippen LogP contribution in [0.5, 0.6) is 0 Å². The summed E-state index contributed by atoms with van der Waals surface area (Å²) in [5.41, 5.74) is 0.105. The lowest BCUT2D eigenvalue weighted by Crippen LogP contribution is -2.45. The molecule has 0 radical (unpaired) electrons. The molecular formula is C14H29NO. The minimum Gasteiger partial charge on any atom is -0.391 e. The van der Waals surface area contributed by atoms with Gasteiger partial charge in [-0.05, 0) is 30.7 Å². The summed E-state index contributed by atoms with van der Waals surface area (Å²) in [6.45, 7) is 13.3. The maximum atomic E-state index is 10.4. The molecule has 16 heavy (non-hydrogen) atoms. The van der Waals surface area contributed by atoms with E-state index in [4.69, 9.17) is 0 Å². The molecule has 1 aliphatic rings. The molecule has 0 bridgehead atoms. The summed E-state index contributed by atoms with van der Waals surface area (Å²) in [5.74, 6) is 0.732. The number of hydrogen-bond donors (Lipinski definition) is 1. The summed E-state index contributed by atoms with van der Waals surface area (Å²) in [7, 11) is 0. The van der Waals surface area contributed by atoms with E-state index in [0.717, 1.165) is 31.8 Å². The molecule has 0 amide bonds. The largest absolute Gasteiger partial charge is 0.391 e. The van der Waals surface area contributed by atoms with Crippen molar-refractivity contribution in [2.24, 2.45) is 11.3 Å². The highest BCUT2D eigenvalue weighted by molar-refractivity contribution is 4.96. The maximum Gasteiger partial charge on any atom is 0.0746 e. The van der Waals surface area contributed by atoms with Gasteiger partial charge >= 0.3 is 0 Å². The molecular weight excluding hydrogens is 198 g/mol. The van der Waals surface area contributed by atoms with Crippen molar-refractivity contribution in [3.8, 4) is 0 Å². The lowest BCUT2D eigenvalue weighted by molar-refractivity contribution is 0.0118. The highest BCUT2D eigenvalue weighted by Gasteiger charge is 2.42. The lowest BCUT2D eigenvalue weighted by atomic mass is 9.88. The summed E-state index contributed by atoms with van der Waals surface area (Å²) in [5, 5.41) is 10.4. The lowest BCUT2D eigenvalue weighted by Gasteiger charge is -2.34.